The zero-order valence-electron chi connectivity index (χ0n) is 38.4. The van der Waals surface area contributed by atoms with Crippen LogP contribution >= 0.6 is 0 Å². The number of esters is 1. The zero-order chi connectivity index (χ0) is 50.7. The van der Waals surface area contributed by atoms with E-state index in [1.54, 1.807) is 50.2 Å². The number of pyridine rings is 2. The van der Waals surface area contributed by atoms with Gasteiger partial charge in [0.1, 0.15) is 38.3 Å². The molecule has 4 aromatic rings. The quantitative estimate of drug-likeness (QED) is 0.0233. The van der Waals surface area contributed by atoms with Crippen molar-refractivity contribution in [3.05, 3.63) is 110 Å². The van der Waals surface area contributed by atoms with Gasteiger partial charge in [0, 0.05) is 41.2 Å². The number of cyclic esters (lactones) is 1. The molecule has 0 radical (unpaired) electrons. The number of imide groups is 1. The first-order valence-corrected chi connectivity index (χ1v) is 22.6. The number of rotatable bonds is 18. The van der Waals surface area contributed by atoms with Gasteiger partial charge in [-0.05, 0) is 54.5 Å². The SMILES string of the molecule is CC[C@@]1(O)C(=O)OCc2c1cc1n(c2=O)Cc2c-1nc1cc(F)c(C)c3c1c2[C@H](NC(=O)COCNC(=O)CNC(=O)[C@H](Cc1ccccc1)NC(=O)CNC(=O)CNC(=O)CN1C(=O)C=CC1=O)CC3. The zero-order valence-corrected chi connectivity index (χ0v) is 38.4. The number of aromatic nitrogens is 2. The number of aliphatic hydroxyl groups is 1. The third-order valence-electron chi connectivity index (χ3n) is 12.8. The van der Waals surface area contributed by atoms with Gasteiger partial charge in [-0.25, -0.2) is 14.2 Å². The van der Waals surface area contributed by atoms with Crippen molar-refractivity contribution in [1.29, 1.82) is 0 Å². The largest absolute Gasteiger partial charge is 0.458 e. The van der Waals surface area contributed by atoms with E-state index < -0.39 is 122 Å². The van der Waals surface area contributed by atoms with Crippen molar-refractivity contribution >= 4 is 64.1 Å². The molecule has 5 heterocycles. The van der Waals surface area contributed by atoms with E-state index in [0.717, 1.165) is 17.7 Å². The summed E-state index contributed by atoms with van der Waals surface area (Å²) in [5.74, 6) is -7.01. The lowest BCUT2D eigenvalue weighted by Gasteiger charge is -2.31. The molecule has 370 valence electrons. The van der Waals surface area contributed by atoms with Crippen LogP contribution in [0.15, 0.2) is 59.4 Å². The number of benzene rings is 2. The first-order valence-electron chi connectivity index (χ1n) is 22.6. The lowest BCUT2D eigenvalue weighted by molar-refractivity contribution is -0.172. The fourth-order valence-electron chi connectivity index (χ4n) is 9.07. The van der Waals surface area contributed by atoms with Crippen molar-refractivity contribution in [2.45, 2.75) is 70.4 Å². The highest BCUT2D eigenvalue weighted by Gasteiger charge is 2.46. The van der Waals surface area contributed by atoms with Crippen LogP contribution in [-0.2, 0) is 84.2 Å². The average Bonchev–Trinajstić information content (AvgIpc) is 3.88. The molecule has 23 heteroatoms. The van der Waals surface area contributed by atoms with Crippen molar-refractivity contribution < 1.29 is 62.1 Å². The Bertz CT molecular complexity index is 3010. The van der Waals surface area contributed by atoms with E-state index >= 15 is 4.39 Å². The van der Waals surface area contributed by atoms with Crippen LogP contribution in [0.4, 0.5) is 4.39 Å². The van der Waals surface area contributed by atoms with Gasteiger partial charge in [-0.15, -0.1) is 0 Å². The molecule has 22 nitrogen and oxygen atoms in total. The molecule has 0 saturated carbocycles. The lowest BCUT2D eigenvalue weighted by atomic mass is 9.81. The van der Waals surface area contributed by atoms with E-state index in [1.165, 1.54) is 10.6 Å². The molecular weight excluding hydrogens is 930 g/mol. The van der Waals surface area contributed by atoms with Crippen LogP contribution in [0.5, 0.6) is 0 Å². The summed E-state index contributed by atoms with van der Waals surface area (Å²) < 4.78 is 27.5. The normalized spacial score (nSPS) is 17.7. The maximum atomic E-state index is 15.3. The van der Waals surface area contributed by atoms with Crippen molar-refractivity contribution in [2.75, 3.05) is 39.5 Å². The summed E-state index contributed by atoms with van der Waals surface area (Å²) >= 11 is 0. The van der Waals surface area contributed by atoms with Gasteiger partial charge in [-0.1, -0.05) is 37.3 Å². The van der Waals surface area contributed by atoms with Crippen LogP contribution in [0.3, 0.4) is 0 Å². The van der Waals surface area contributed by atoms with Gasteiger partial charge in [0.2, 0.25) is 35.4 Å². The molecule has 3 atom stereocenters. The fourth-order valence-corrected chi connectivity index (χ4v) is 9.07. The Kier molecular flexibility index (Phi) is 14.2. The van der Waals surface area contributed by atoms with Crippen molar-refractivity contribution in [1.82, 2.24) is 46.4 Å². The summed E-state index contributed by atoms with van der Waals surface area (Å²) in [5, 5.41) is 26.9. The Balaban J connectivity index is 0.845. The monoisotopic (exact) mass is 977 g/mol. The van der Waals surface area contributed by atoms with Gasteiger partial charge in [0.15, 0.2) is 5.60 Å². The summed E-state index contributed by atoms with van der Waals surface area (Å²) in [4.78, 5) is 132. The molecule has 7 N–H and O–H groups in total. The fraction of sp³-hybridized carbons (Fsp3) is 0.354. The molecule has 0 unspecified atom stereocenters. The molecule has 3 aliphatic heterocycles. The molecule has 4 aliphatic rings. The lowest BCUT2D eigenvalue weighted by Crippen LogP contribution is -2.52. The molecule has 0 spiro atoms. The summed E-state index contributed by atoms with van der Waals surface area (Å²) in [6.07, 6.45) is 2.73. The summed E-state index contributed by atoms with van der Waals surface area (Å²) in [6.45, 7) is -0.249. The number of amides is 8. The van der Waals surface area contributed by atoms with Crippen LogP contribution in [0.2, 0.25) is 0 Å². The van der Waals surface area contributed by atoms with Crippen LogP contribution < -0.4 is 37.5 Å². The predicted octanol–water partition coefficient (Wildman–Crippen LogP) is -1.28. The number of carbonyl (C=O) groups excluding carboxylic acids is 9. The Morgan fingerprint density at radius 3 is 2.31 bits per heavy atom. The van der Waals surface area contributed by atoms with Crippen molar-refractivity contribution in [3.63, 3.8) is 0 Å². The highest BCUT2D eigenvalue weighted by molar-refractivity contribution is 6.14. The van der Waals surface area contributed by atoms with E-state index in [9.17, 15) is 53.1 Å². The minimum absolute atomic E-state index is 0.0101. The highest BCUT2D eigenvalue weighted by Crippen LogP contribution is 2.46. The summed E-state index contributed by atoms with van der Waals surface area (Å²) in [5.41, 5.74) is 1.76. The van der Waals surface area contributed by atoms with E-state index in [-0.39, 0.29) is 37.1 Å². The molecule has 8 rings (SSSR count). The summed E-state index contributed by atoms with van der Waals surface area (Å²) in [6, 6.07) is 9.68. The molecule has 8 amide bonds. The van der Waals surface area contributed by atoms with E-state index in [4.69, 9.17) is 14.5 Å². The Labute approximate surface area is 402 Å². The number of ether oxygens (including phenoxy) is 2. The van der Waals surface area contributed by atoms with Gasteiger partial charge >= 0.3 is 5.97 Å². The molecular formula is C48H48FN9O13. The number of carbonyl (C=O) groups is 9. The van der Waals surface area contributed by atoms with Crippen LogP contribution in [0.25, 0.3) is 22.3 Å². The molecule has 0 saturated heterocycles. The second kappa shape index (κ2) is 20.4. The maximum absolute atomic E-state index is 15.3. The molecule has 2 aromatic carbocycles. The topological polar surface area (TPSA) is 303 Å². The number of fused-ring (bicyclic) bond motifs is 5. The average molecular weight is 978 g/mol. The number of halogens is 1. The standard InChI is InChI=1S/C48H48FN9O13/c1-3-48(69)29-14-34-44-27(19-57(34)46(67)28(29)21-71-47(48)68)43-31(10-9-26-24(2)30(49)15-32(56-44)42(26)43)54-39(63)22-70-23-53-36(60)17-52-45(66)33(13-25-7-5-4-6-8-25)55-37(61)18-50-35(59)16-51-38(62)20-58-40(64)11-12-41(58)65/h4-8,11-12,14-15,31,33,69H,3,9-10,13,16-23H2,1-2H3,(H,50,59)(H,51,62)(H,52,66)(H,53,60)(H,54,63)(H,55,61)/t31-,33+,48+/m1/s1. The van der Waals surface area contributed by atoms with E-state index in [0.29, 0.717) is 62.3 Å². The number of aryl methyl sites for hydroxylation is 1. The van der Waals surface area contributed by atoms with Crippen molar-refractivity contribution in [2.24, 2.45) is 0 Å². The number of hydrogen-bond acceptors (Lipinski definition) is 14. The Hall–Kier alpha value is -8.18. The van der Waals surface area contributed by atoms with Gasteiger partial charge in [0.05, 0.1) is 54.7 Å². The number of nitrogens with one attached hydrogen (secondary N) is 6. The molecule has 1 aliphatic carbocycles. The second-order valence-corrected chi connectivity index (χ2v) is 17.2. The van der Waals surface area contributed by atoms with Gasteiger partial charge in [-0.3, -0.25) is 48.1 Å². The van der Waals surface area contributed by atoms with E-state index in [2.05, 4.69) is 31.9 Å². The molecule has 71 heavy (non-hydrogen) atoms. The smallest absolute Gasteiger partial charge is 0.343 e. The Morgan fingerprint density at radius 1 is 0.887 bits per heavy atom. The minimum atomic E-state index is -2.06. The van der Waals surface area contributed by atoms with Gasteiger partial charge < -0.3 is 51.0 Å². The molecule has 0 bridgehead atoms. The first-order chi connectivity index (χ1) is 34.0. The number of nitrogens with zero attached hydrogens (tertiary/aromatic N) is 3. The van der Waals surface area contributed by atoms with E-state index in [1.807, 2.05) is 0 Å². The third kappa shape index (κ3) is 10.1. The maximum Gasteiger partial charge on any atom is 0.343 e. The number of hydrogen-bond donors (Lipinski definition) is 7. The molecule has 0 fully saturated rings. The second-order valence-electron chi connectivity index (χ2n) is 17.2. The first kappa shape index (κ1) is 49.2. The van der Waals surface area contributed by atoms with Gasteiger partial charge in [-0.2, -0.15) is 0 Å². The highest BCUT2D eigenvalue weighted by atomic mass is 19.1. The van der Waals surface area contributed by atoms with Crippen LogP contribution in [0.1, 0.15) is 64.8 Å². The predicted molar refractivity (Wildman–Crippen MR) is 244 cm³/mol. The molecule has 2 aromatic heterocycles. The van der Waals surface area contributed by atoms with Gasteiger partial charge in [0.25, 0.3) is 17.4 Å². The summed E-state index contributed by atoms with van der Waals surface area (Å²) in [7, 11) is 0. The van der Waals surface area contributed by atoms with Crippen LogP contribution in [0, 0.1) is 12.7 Å². The Morgan fingerprint density at radius 2 is 1.58 bits per heavy atom. The third-order valence-corrected chi connectivity index (χ3v) is 12.8. The van der Waals surface area contributed by atoms with Crippen LogP contribution in [-0.4, -0.2) is 118 Å². The minimum Gasteiger partial charge on any atom is -0.458 e. The van der Waals surface area contributed by atoms with Crippen molar-refractivity contribution in [3.8, 4) is 11.4 Å².